The second kappa shape index (κ2) is 15.8. The van der Waals surface area contributed by atoms with Crippen LogP contribution in [0.1, 0.15) is 32.1 Å². The number of aromatic hydroxyl groups is 2. The van der Waals surface area contributed by atoms with Gasteiger partial charge in [-0.25, -0.2) is 0 Å². The second-order valence-corrected chi connectivity index (χ2v) is 16.9. The molecule has 0 unspecified atom stereocenters. The van der Waals surface area contributed by atoms with Crippen LogP contribution in [-0.2, 0) is 30.4 Å². The highest BCUT2D eigenvalue weighted by molar-refractivity contribution is 7.86. The average Bonchev–Trinajstić information content (AvgIpc) is 3.13. The zero-order valence-electron chi connectivity index (χ0n) is 29.3. The molecular weight excluding hydrogens is 807 g/mol. The molecule has 20 nitrogen and oxygen atoms in total. The number of nitrogen functional groups attached to an aromatic ring is 2. The lowest BCUT2D eigenvalue weighted by Crippen LogP contribution is -2.08. The molecule has 5 aromatic carbocycles. The molecule has 0 heterocycles. The highest BCUT2D eigenvalue weighted by atomic mass is 32.2. The lowest BCUT2D eigenvalue weighted by atomic mass is 9.96. The van der Waals surface area contributed by atoms with Gasteiger partial charge >= 0.3 is 0 Å². The van der Waals surface area contributed by atoms with Gasteiger partial charge in [0.15, 0.2) is 5.75 Å². The van der Waals surface area contributed by atoms with Gasteiger partial charge < -0.3 is 27.0 Å². The number of hydrogen-bond donors (Lipinski definition) is 8. The van der Waals surface area contributed by atoms with Gasteiger partial charge in [-0.1, -0.05) is 19.3 Å². The summed E-state index contributed by atoms with van der Waals surface area (Å²) in [5.74, 6) is -0.939. The molecule has 1 saturated carbocycles. The summed E-state index contributed by atoms with van der Waals surface area (Å²) in [6, 6.07) is 14.9. The maximum atomic E-state index is 12.5. The number of rotatable bonds is 11. The Balaban J connectivity index is 1.36. The number of nitrogens with one attached hydrogen (secondary N) is 1. The monoisotopic (exact) mass is 839 g/mol. The number of hydrogen-bond acceptors (Lipinski definition) is 17. The minimum atomic E-state index is -5.19. The molecule has 10 N–H and O–H groups in total. The Labute approximate surface area is 325 Å². The Hall–Kier alpha value is -6.11. The van der Waals surface area contributed by atoms with Crippen LogP contribution >= 0.6 is 0 Å². The van der Waals surface area contributed by atoms with Crippen LogP contribution in [0.5, 0.6) is 11.5 Å². The molecule has 0 aromatic heterocycles. The molecule has 0 atom stereocenters. The number of phenolic OH excluding ortho intramolecular Hbond substituents is 2. The number of phenols is 2. The number of benzene rings is 5. The van der Waals surface area contributed by atoms with E-state index in [1.807, 2.05) is 0 Å². The van der Waals surface area contributed by atoms with Crippen molar-refractivity contribution in [3.63, 3.8) is 0 Å². The van der Waals surface area contributed by atoms with Crippen LogP contribution in [-0.4, -0.2) is 55.2 Å². The fourth-order valence-electron chi connectivity index (χ4n) is 5.95. The van der Waals surface area contributed by atoms with E-state index in [1.54, 1.807) is 12.1 Å². The Morgan fingerprint density at radius 3 is 1.82 bits per heavy atom. The molecule has 6 rings (SSSR count). The molecular formula is C34H33N9O11S3. The molecule has 1 aliphatic rings. The summed E-state index contributed by atoms with van der Waals surface area (Å²) in [4.78, 5) is -2.57. The third-order valence-corrected chi connectivity index (χ3v) is 11.3. The van der Waals surface area contributed by atoms with Crippen LogP contribution in [0.2, 0.25) is 0 Å². The van der Waals surface area contributed by atoms with Gasteiger partial charge in [0.05, 0.1) is 39.9 Å². The predicted molar refractivity (Wildman–Crippen MR) is 208 cm³/mol. The maximum Gasteiger partial charge on any atom is 0.296 e. The van der Waals surface area contributed by atoms with E-state index >= 15 is 0 Å². The number of anilines is 4. The van der Waals surface area contributed by atoms with E-state index < -0.39 is 67.9 Å². The van der Waals surface area contributed by atoms with Crippen LogP contribution in [0, 0.1) is 0 Å². The normalized spacial score (nSPS) is 14.6. The van der Waals surface area contributed by atoms with Crippen LogP contribution in [0.3, 0.4) is 0 Å². The summed E-state index contributed by atoms with van der Waals surface area (Å²) >= 11 is 0. The first-order valence-electron chi connectivity index (χ1n) is 16.7. The molecule has 1 fully saturated rings. The van der Waals surface area contributed by atoms with Gasteiger partial charge in [-0.15, -0.1) is 10.2 Å². The molecule has 0 bridgehead atoms. The van der Waals surface area contributed by atoms with Crippen molar-refractivity contribution in [1.82, 2.24) is 0 Å². The van der Waals surface area contributed by atoms with Crippen molar-refractivity contribution in [2.75, 3.05) is 16.8 Å². The molecule has 0 radical (unpaired) electrons. The van der Waals surface area contributed by atoms with Gasteiger partial charge in [0.2, 0.25) is 0 Å². The molecule has 23 heteroatoms. The molecule has 0 aliphatic heterocycles. The maximum absolute atomic E-state index is 12.5. The van der Waals surface area contributed by atoms with Gasteiger partial charge in [-0.05, 0) is 85.0 Å². The van der Waals surface area contributed by atoms with Crippen molar-refractivity contribution in [3.8, 4) is 11.5 Å². The van der Waals surface area contributed by atoms with E-state index in [1.165, 1.54) is 42.5 Å². The van der Waals surface area contributed by atoms with Gasteiger partial charge in [-0.2, -0.15) is 45.7 Å². The fourth-order valence-corrected chi connectivity index (χ4v) is 7.94. The van der Waals surface area contributed by atoms with Crippen LogP contribution in [0.4, 0.5) is 51.2 Å². The molecule has 1 aliphatic carbocycles. The van der Waals surface area contributed by atoms with Crippen LogP contribution < -0.4 is 16.8 Å². The smallest absolute Gasteiger partial charge is 0.296 e. The second-order valence-electron chi connectivity index (χ2n) is 12.7. The number of nitrogens with zero attached hydrogens (tertiary/aromatic N) is 6. The Bertz CT molecular complexity index is 2830. The highest BCUT2D eigenvalue weighted by Crippen LogP contribution is 2.48. The summed E-state index contributed by atoms with van der Waals surface area (Å²) in [6.45, 7) is 0. The number of azo groups is 3. The number of fused-ring (bicyclic) bond motifs is 1. The minimum Gasteiger partial charge on any atom is -0.508 e. The summed E-state index contributed by atoms with van der Waals surface area (Å²) in [6.07, 6.45) is 4.00. The van der Waals surface area contributed by atoms with E-state index in [0.29, 0.717) is 29.9 Å². The SMILES string of the molecule is Nc1cc(O)ccc1N=Nc1ccc(Nc2ccc(N=Nc3c(S(=O)(=O)O)cc4cc(S(=O)(=O)O)c(N=NC5CCCCC5)c(O)c4c3N)cc2S(=O)(=O)O)cc1. The van der Waals surface area contributed by atoms with Gasteiger partial charge in [0, 0.05) is 11.8 Å². The van der Waals surface area contributed by atoms with Crippen molar-refractivity contribution < 1.29 is 49.1 Å². The molecule has 298 valence electrons. The van der Waals surface area contributed by atoms with Gasteiger partial charge in [0.1, 0.15) is 37.5 Å². The van der Waals surface area contributed by atoms with E-state index in [4.69, 9.17) is 11.5 Å². The first-order valence-corrected chi connectivity index (χ1v) is 21.0. The first-order chi connectivity index (χ1) is 26.8. The van der Waals surface area contributed by atoms with Crippen molar-refractivity contribution >= 4 is 92.3 Å². The minimum absolute atomic E-state index is 0.0344. The first kappa shape index (κ1) is 40.6. The van der Waals surface area contributed by atoms with Crippen molar-refractivity contribution in [3.05, 3.63) is 72.8 Å². The summed E-state index contributed by atoms with van der Waals surface area (Å²) in [7, 11) is -15.2. The Kier molecular flexibility index (Phi) is 11.2. The van der Waals surface area contributed by atoms with Crippen molar-refractivity contribution in [1.29, 1.82) is 0 Å². The molecule has 57 heavy (non-hydrogen) atoms. The van der Waals surface area contributed by atoms with Crippen molar-refractivity contribution in [2.45, 2.75) is 52.8 Å². The quantitative estimate of drug-likeness (QED) is 0.0353. The van der Waals surface area contributed by atoms with Gasteiger partial charge in [0.25, 0.3) is 30.4 Å². The summed E-state index contributed by atoms with van der Waals surface area (Å²) < 4.78 is 105. The van der Waals surface area contributed by atoms with Crippen LogP contribution in [0.25, 0.3) is 10.8 Å². The lowest BCUT2D eigenvalue weighted by Gasteiger charge is -2.17. The third-order valence-electron chi connectivity index (χ3n) is 8.70. The van der Waals surface area contributed by atoms with E-state index in [9.17, 15) is 49.1 Å². The molecule has 0 amide bonds. The topological polar surface area (TPSA) is 342 Å². The predicted octanol–water partition coefficient (Wildman–Crippen LogP) is 8.15. The van der Waals surface area contributed by atoms with Crippen molar-refractivity contribution in [2.24, 2.45) is 30.7 Å². The number of nitrogens with two attached hydrogens (primary N) is 2. The third kappa shape index (κ3) is 9.31. The summed E-state index contributed by atoms with van der Waals surface area (Å²) in [5.41, 5.74) is 11.0. The van der Waals surface area contributed by atoms with Gasteiger partial charge in [-0.3, -0.25) is 13.7 Å². The molecule has 5 aromatic rings. The largest absolute Gasteiger partial charge is 0.508 e. The zero-order chi connectivity index (χ0) is 41.3. The lowest BCUT2D eigenvalue weighted by molar-refractivity contribution is 0.430. The van der Waals surface area contributed by atoms with E-state index in [2.05, 4.69) is 36.0 Å². The van der Waals surface area contributed by atoms with E-state index in [-0.39, 0.29) is 39.6 Å². The Morgan fingerprint density at radius 1 is 0.614 bits per heavy atom. The highest BCUT2D eigenvalue weighted by Gasteiger charge is 2.28. The Morgan fingerprint density at radius 2 is 1.21 bits per heavy atom. The van der Waals surface area contributed by atoms with E-state index in [0.717, 1.165) is 37.5 Å². The molecule has 0 saturated heterocycles. The standard InChI is InChI=1S/C34H33N9O11S3/c35-24-17-23(44)11-13-25(24)41-38-21-8-6-19(7-9-21)37-26-12-10-22(16-27(26)55(46,47)48)40-42-32-28(56(49,50)51)14-18-15-29(57(52,53)54)33(34(45)30(18)31(32)36)43-39-20-4-2-1-3-5-20/h6-17,20,37,44-45H,1-5,35-36H2,(H,46,47,48)(H,49,50,51)(H,52,53,54). The van der Waals surface area contributed by atoms with Crippen LogP contribution in [0.15, 0.2) is 118 Å². The zero-order valence-corrected chi connectivity index (χ0v) is 31.7. The summed E-state index contributed by atoms with van der Waals surface area (Å²) in [5, 5.41) is 46.8. The average molecular weight is 840 g/mol. The fraction of sp³-hybridized carbons (Fsp3) is 0.176. The molecule has 0 spiro atoms.